The van der Waals surface area contributed by atoms with Gasteiger partial charge in [0.05, 0.1) is 5.69 Å². The van der Waals surface area contributed by atoms with Gasteiger partial charge in [0.25, 0.3) is 0 Å². The Kier molecular flexibility index (Phi) is 3.62. The SMILES string of the molecule is CCNc1nc(C2CC2)nc(-c2cc(C)cc(F)c2)c1C. The Bertz CT molecular complexity index is 658. The fourth-order valence-electron chi connectivity index (χ4n) is 2.55. The van der Waals surface area contributed by atoms with Crippen molar-refractivity contribution >= 4 is 5.82 Å². The highest BCUT2D eigenvalue weighted by atomic mass is 19.1. The number of rotatable bonds is 4. The summed E-state index contributed by atoms with van der Waals surface area (Å²) in [6.45, 7) is 6.74. The zero-order valence-corrected chi connectivity index (χ0v) is 12.7. The first kappa shape index (κ1) is 14.0. The number of anilines is 1. The van der Waals surface area contributed by atoms with Gasteiger partial charge in [0.2, 0.25) is 0 Å². The zero-order valence-electron chi connectivity index (χ0n) is 12.7. The van der Waals surface area contributed by atoms with Crippen molar-refractivity contribution in [2.45, 2.75) is 39.5 Å². The molecule has 1 aliphatic carbocycles. The summed E-state index contributed by atoms with van der Waals surface area (Å²) in [5.74, 6) is 2.00. The second kappa shape index (κ2) is 5.43. The third-order valence-electron chi connectivity index (χ3n) is 3.77. The van der Waals surface area contributed by atoms with Crippen molar-refractivity contribution in [2.24, 2.45) is 0 Å². The molecule has 110 valence electrons. The molecule has 0 saturated heterocycles. The van der Waals surface area contributed by atoms with Crippen LogP contribution < -0.4 is 5.32 Å². The van der Waals surface area contributed by atoms with E-state index >= 15 is 0 Å². The Morgan fingerprint density at radius 2 is 1.95 bits per heavy atom. The molecule has 4 heteroatoms. The molecule has 0 radical (unpaired) electrons. The average Bonchev–Trinajstić information content (AvgIpc) is 3.24. The summed E-state index contributed by atoms with van der Waals surface area (Å²) in [4.78, 5) is 9.35. The molecule has 0 bridgehead atoms. The van der Waals surface area contributed by atoms with E-state index < -0.39 is 0 Å². The largest absolute Gasteiger partial charge is 0.370 e. The third kappa shape index (κ3) is 2.89. The standard InChI is InChI=1S/C17H20FN3/c1-4-19-16-11(3)15(20-17(21-16)12-5-6-12)13-7-10(2)8-14(18)9-13/h7-9,12H,4-6H2,1-3H3,(H,19,20,21). The minimum absolute atomic E-state index is 0.221. The minimum Gasteiger partial charge on any atom is -0.370 e. The molecule has 2 aromatic rings. The molecule has 0 atom stereocenters. The zero-order chi connectivity index (χ0) is 15.0. The number of hydrogen-bond acceptors (Lipinski definition) is 3. The molecule has 3 rings (SSSR count). The molecule has 21 heavy (non-hydrogen) atoms. The molecular weight excluding hydrogens is 265 g/mol. The number of benzene rings is 1. The molecule has 1 aromatic carbocycles. The molecule has 0 aliphatic heterocycles. The molecule has 1 aliphatic rings. The van der Waals surface area contributed by atoms with Crippen LogP contribution in [0.1, 0.15) is 42.6 Å². The van der Waals surface area contributed by atoms with Gasteiger partial charge in [-0.2, -0.15) is 0 Å². The van der Waals surface area contributed by atoms with Gasteiger partial charge in [-0.05, 0) is 57.4 Å². The van der Waals surface area contributed by atoms with Gasteiger partial charge in [-0.25, -0.2) is 14.4 Å². The summed E-state index contributed by atoms with van der Waals surface area (Å²) in [6.07, 6.45) is 2.30. The summed E-state index contributed by atoms with van der Waals surface area (Å²) in [5, 5.41) is 3.29. The van der Waals surface area contributed by atoms with Crippen LogP contribution in [0.25, 0.3) is 11.3 Å². The van der Waals surface area contributed by atoms with Crippen LogP contribution >= 0.6 is 0 Å². The quantitative estimate of drug-likeness (QED) is 0.914. The fraction of sp³-hybridized carbons (Fsp3) is 0.412. The van der Waals surface area contributed by atoms with Crippen LogP contribution in [0.3, 0.4) is 0 Å². The van der Waals surface area contributed by atoms with Crippen molar-refractivity contribution in [1.82, 2.24) is 9.97 Å². The molecule has 1 fully saturated rings. The lowest BCUT2D eigenvalue weighted by atomic mass is 10.0. The minimum atomic E-state index is -0.221. The normalized spacial score (nSPS) is 14.3. The second-order valence-electron chi connectivity index (χ2n) is 5.73. The van der Waals surface area contributed by atoms with E-state index in [0.717, 1.165) is 53.4 Å². The van der Waals surface area contributed by atoms with E-state index in [1.807, 2.05) is 26.8 Å². The average molecular weight is 285 g/mol. The van der Waals surface area contributed by atoms with Crippen molar-refractivity contribution < 1.29 is 4.39 Å². The van der Waals surface area contributed by atoms with Gasteiger partial charge >= 0.3 is 0 Å². The van der Waals surface area contributed by atoms with E-state index in [-0.39, 0.29) is 5.82 Å². The molecule has 1 heterocycles. The number of aryl methyl sites for hydroxylation is 1. The third-order valence-corrected chi connectivity index (χ3v) is 3.77. The lowest BCUT2D eigenvalue weighted by molar-refractivity contribution is 0.627. The van der Waals surface area contributed by atoms with Crippen LogP contribution in [-0.4, -0.2) is 16.5 Å². The van der Waals surface area contributed by atoms with Crippen molar-refractivity contribution in [2.75, 3.05) is 11.9 Å². The van der Waals surface area contributed by atoms with Gasteiger partial charge in [0.1, 0.15) is 17.5 Å². The Morgan fingerprint density at radius 1 is 1.19 bits per heavy atom. The summed E-state index contributed by atoms with van der Waals surface area (Å²) < 4.78 is 13.7. The van der Waals surface area contributed by atoms with E-state index in [4.69, 9.17) is 4.98 Å². The van der Waals surface area contributed by atoms with E-state index in [0.29, 0.717) is 5.92 Å². The van der Waals surface area contributed by atoms with Gasteiger partial charge in [-0.3, -0.25) is 0 Å². The van der Waals surface area contributed by atoms with E-state index in [1.165, 1.54) is 6.07 Å². The highest BCUT2D eigenvalue weighted by molar-refractivity contribution is 5.69. The van der Waals surface area contributed by atoms with Gasteiger partial charge < -0.3 is 5.32 Å². The monoisotopic (exact) mass is 285 g/mol. The molecule has 3 nitrogen and oxygen atoms in total. The van der Waals surface area contributed by atoms with Crippen LogP contribution in [-0.2, 0) is 0 Å². The predicted octanol–water partition coefficient (Wildman–Crippen LogP) is 4.21. The molecule has 1 saturated carbocycles. The van der Waals surface area contributed by atoms with Crippen molar-refractivity contribution in [1.29, 1.82) is 0 Å². The molecule has 0 amide bonds. The molecular formula is C17H20FN3. The molecule has 0 unspecified atom stereocenters. The van der Waals surface area contributed by atoms with Gasteiger partial charge in [0.15, 0.2) is 0 Å². The smallest absolute Gasteiger partial charge is 0.134 e. The summed E-state index contributed by atoms with van der Waals surface area (Å²) in [6, 6.07) is 5.06. The van der Waals surface area contributed by atoms with Crippen LogP contribution in [0.5, 0.6) is 0 Å². The number of nitrogens with one attached hydrogen (secondary N) is 1. The Morgan fingerprint density at radius 3 is 2.57 bits per heavy atom. The number of aromatic nitrogens is 2. The van der Waals surface area contributed by atoms with Crippen molar-refractivity contribution in [3.05, 3.63) is 41.0 Å². The maximum atomic E-state index is 13.7. The lowest BCUT2D eigenvalue weighted by Gasteiger charge is -2.14. The van der Waals surface area contributed by atoms with Gasteiger partial charge in [0, 0.05) is 23.6 Å². The van der Waals surface area contributed by atoms with E-state index in [2.05, 4.69) is 10.3 Å². The highest BCUT2D eigenvalue weighted by Crippen LogP contribution is 2.40. The van der Waals surface area contributed by atoms with Gasteiger partial charge in [-0.1, -0.05) is 0 Å². The lowest BCUT2D eigenvalue weighted by Crippen LogP contribution is -2.07. The topological polar surface area (TPSA) is 37.8 Å². The maximum Gasteiger partial charge on any atom is 0.134 e. The van der Waals surface area contributed by atoms with Crippen LogP contribution in [0.4, 0.5) is 10.2 Å². The first-order valence-electron chi connectivity index (χ1n) is 7.48. The summed E-state index contributed by atoms with van der Waals surface area (Å²) in [7, 11) is 0. The summed E-state index contributed by atoms with van der Waals surface area (Å²) >= 11 is 0. The number of halogens is 1. The number of hydrogen-bond donors (Lipinski definition) is 1. The maximum absolute atomic E-state index is 13.7. The van der Waals surface area contributed by atoms with Crippen molar-refractivity contribution in [3.63, 3.8) is 0 Å². The number of nitrogens with zero attached hydrogens (tertiary/aromatic N) is 2. The Labute approximate surface area is 124 Å². The van der Waals surface area contributed by atoms with E-state index in [9.17, 15) is 4.39 Å². The Balaban J connectivity index is 2.15. The summed E-state index contributed by atoms with van der Waals surface area (Å²) in [5.41, 5.74) is 3.55. The van der Waals surface area contributed by atoms with Crippen LogP contribution in [0.2, 0.25) is 0 Å². The fourth-order valence-corrected chi connectivity index (χ4v) is 2.55. The first-order valence-corrected chi connectivity index (χ1v) is 7.48. The van der Waals surface area contributed by atoms with E-state index in [1.54, 1.807) is 6.07 Å². The molecule has 0 spiro atoms. The van der Waals surface area contributed by atoms with Crippen LogP contribution in [0.15, 0.2) is 18.2 Å². The Hall–Kier alpha value is -1.97. The first-order chi connectivity index (χ1) is 10.1. The predicted molar refractivity (Wildman–Crippen MR) is 83.0 cm³/mol. The van der Waals surface area contributed by atoms with Crippen molar-refractivity contribution in [3.8, 4) is 11.3 Å². The molecule has 1 N–H and O–H groups in total. The second-order valence-corrected chi connectivity index (χ2v) is 5.73. The van der Waals surface area contributed by atoms with Gasteiger partial charge in [-0.15, -0.1) is 0 Å². The van der Waals surface area contributed by atoms with Crippen LogP contribution in [0, 0.1) is 19.7 Å². The highest BCUT2D eigenvalue weighted by Gasteiger charge is 2.28. The molecule has 1 aromatic heterocycles.